The van der Waals surface area contributed by atoms with Crippen molar-refractivity contribution < 1.29 is 9.59 Å². The maximum Gasteiger partial charge on any atom is 0.253 e. The Kier molecular flexibility index (Phi) is 6.46. The van der Waals surface area contributed by atoms with Crippen molar-refractivity contribution in [3.63, 3.8) is 0 Å². The van der Waals surface area contributed by atoms with Crippen molar-refractivity contribution in [3.8, 4) is 0 Å². The average Bonchev–Trinajstić information content (AvgIpc) is 2.43. The Balaban J connectivity index is 2.72. The molecule has 0 spiro atoms. The summed E-state index contributed by atoms with van der Waals surface area (Å²) in [5.41, 5.74) is 6.55. The van der Waals surface area contributed by atoms with Crippen LogP contribution in [-0.4, -0.2) is 24.4 Å². The van der Waals surface area contributed by atoms with Gasteiger partial charge in [0.2, 0.25) is 5.91 Å². The SMILES string of the molecule is C=CCNC(=O)c1ccccc1NC(=O)CCC(C)N. The first-order chi connectivity index (χ1) is 9.54. The minimum absolute atomic E-state index is 0.0214. The molecular weight excluding hydrogens is 254 g/mol. The molecule has 0 aliphatic heterocycles. The molecule has 0 heterocycles. The van der Waals surface area contributed by atoms with Gasteiger partial charge in [-0.05, 0) is 25.5 Å². The lowest BCUT2D eigenvalue weighted by Crippen LogP contribution is -2.25. The fourth-order valence-corrected chi connectivity index (χ4v) is 1.62. The van der Waals surface area contributed by atoms with E-state index in [0.29, 0.717) is 30.6 Å². The molecule has 0 saturated carbocycles. The molecule has 5 nitrogen and oxygen atoms in total. The van der Waals surface area contributed by atoms with Crippen molar-refractivity contribution in [1.29, 1.82) is 0 Å². The largest absolute Gasteiger partial charge is 0.349 e. The standard InChI is InChI=1S/C15H21N3O2/c1-3-10-17-15(20)12-6-4-5-7-13(12)18-14(19)9-8-11(2)16/h3-7,11H,1,8-10,16H2,2H3,(H,17,20)(H,18,19). The molecule has 1 aromatic rings. The summed E-state index contributed by atoms with van der Waals surface area (Å²) >= 11 is 0. The Bertz CT molecular complexity index is 484. The minimum Gasteiger partial charge on any atom is -0.349 e. The normalized spacial score (nSPS) is 11.5. The topological polar surface area (TPSA) is 84.2 Å². The van der Waals surface area contributed by atoms with E-state index in [0.717, 1.165) is 0 Å². The van der Waals surface area contributed by atoms with Gasteiger partial charge in [-0.2, -0.15) is 0 Å². The van der Waals surface area contributed by atoms with Crippen LogP contribution in [0.2, 0.25) is 0 Å². The molecule has 0 radical (unpaired) electrons. The highest BCUT2D eigenvalue weighted by Gasteiger charge is 2.12. The molecular formula is C15H21N3O2. The predicted molar refractivity (Wildman–Crippen MR) is 80.5 cm³/mol. The van der Waals surface area contributed by atoms with E-state index in [9.17, 15) is 9.59 Å². The second-order valence-corrected chi connectivity index (χ2v) is 4.61. The fourth-order valence-electron chi connectivity index (χ4n) is 1.62. The van der Waals surface area contributed by atoms with Gasteiger partial charge in [0.15, 0.2) is 0 Å². The lowest BCUT2D eigenvalue weighted by molar-refractivity contribution is -0.116. The van der Waals surface area contributed by atoms with Crippen LogP contribution < -0.4 is 16.4 Å². The Labute approximate surface area is 119 Å². The Morgan fingerprint density at radius 2 is 2.10 bits per heavy atom. The molecule has 0 fully saturated rings. The second-order valence-electron chi connectivity index (χ2n) is 4.61. The molecule has 20 heavy (non-hydrogen) atoms. The van der Waals surface area contributed by atoms with Gasteiger partial charge < -0.3 is 16.4 Å². The summed E-state index contributed by atoms with van der Waals surface area (Å²) in [4.78, 5) is 23.7. The van der Waals surface area contributed by atoms with Gasteiger partial charge in [0.1, 0.15) is 0 Å². The van der Waals surface area contributed by atoms with Crippen LogP contribution in [0, 0.1) is 0 Å². The van der Waals surface area contributed by atoms with Crippen LogP contribution >= 0.6 is 0 Å². The number of benzene rings is 1. The molecule has 1 aromatic carbocycles. The van der Waals surface area contributed by atoms with Crippen LogP contribution in [0.25, 0.3) is 0 Å². The number of amides is 2. The molecule has 0 saturated heterocycles. The summed E-state index contributed by atoms with van der Waals surface area (Å²) in [5.74, 6) is -0.390. The number of anilines is 1. The molecule has 1 unspecified atom stereocenters. The number of para-hydroxylation sites is 1. The highest BCUT2D eigenvalue weighted by molar-refractivity contribution is 6.03. The van der Waals surface area contributed by atoms with Crippen molar-refractivity contribution in [2.45, 2.75) is 25.8 Å². The number of nitrogens with two attached hydrogens (primary N) is 1. The smallest absolute Gasteiger partial charge is 0.253 e. The van der Waals surface area contributed by atoms with Crippen molar-refractivity contribution in [2.24, 2.45) is 5.73 Å². The third-order valence-corrected chi connectivity index (χ3v) is 2.68. The van der Waals surface area contributed by atoms with Gasteiger partial charge in [0, 0.05) is 19.0 Å². The van der Waals surface area contributed by atoms with E-state index in [4.69, 9.17) is 5.73 Å². The molecule has 0 aromatic heterocycles. The van der Waals surface area contributed by atoms with Crippen LogP contribution in [0.15, 0.2) is 36.9 Å². The van der Waals surface area contributed by atoms with Gasteiger partial charge in [0.05, 0.1) is 11.3 Å². The van der Waals surface area contributed by atoms with Crippen molar-refractivity contribution >= 4 is 17.5 Å². The highest BCUT2D eigenvalue weighted by Crippen LogP contribution is 2.15. The molecule has 0 aliphatic rings. The zero-order chi connectivity index (χ0) is 15.0. The van der Waals surface area contributed by atoms with Crippen LogP contribution in [-0.2, 0) is 4.79 Å². The first-order valence-corrected chi connectivity index (χ1v) is 6.58. The van der Waals surface area contributed by atoms with Crippen molar-refractivity contribution in [1.82, 2.24) is 5.32 Å². The molecule has 0 aliphatic carbocycles. The fraction of sp³-hybridized carbons (Fsp3) is 0.333. The lowest BCUT2D eigenvalue weighted by atomic mass is 10.1. The van der Waals surface area contributed by atoms with Crippen LogP contribution in [0.4, 0.5) is 5.69 Å². The monoisotopic (exact) mass is 275 g/mol. The van der Waals surface area contributed by atoms with E-state index in [1.165, 1.54) is 0 Å². The number of rotatable bonds is 7. The molecule has 5 heteroatoms. The number of hydrogen-bond acceptors (Lipinski definition) is 3. The molecule has 108 valence electrons. The number of hydrogen-bond donors (Lipinski definition) is 3. The van der Waals surface area contributed by atoms with Gasteiger partial charge >= 0.3 is 0 Å². The Hall–Kier alpha value is -2.14. The quantitative estimate of drug-likeness (QED) is 0.662. The maximum atomic E-state index is 11.9. The van der Waals surface area contributed by atoms with Crippen LogP contribution in [0.3, 0.4) is 0 Å². The number of carbonyl (C=O) groups is 2. The third-order valence-electron chi connectivity index (χ3n) is 2.68. The Morgan fingerprint density at radius 3 is 2.75 bits per heavy atom. The summed E-state index contributed by atoms with van der Waals surface area (Å²) < 4.78 is 0. The van der Waals surface area contributed by atoms with Gasteiger partial charge in [-0.15, -0.1) is 6.58 Å². The molecule has 1 rings (SSSR count). The molecule has 4 N–H and O–H groups in total. The van der Waals surface area contributed by atoms with Crippen molar-refractivity contribution in [2.75, 3.05) is 11.9 Å². The van der Waals surface area contributed by atoms with E-state index >= 15 is 0 Å². The number of nitrogens with one attached hydrogen (secondary N) is 2. The van der Waals surface area contributed by atoms with Crippen LogP contribution in [0.5, 0.6) is 0 Å². The van der Waals surface area contributed by atoms with E-state index in [2.05, 4.69) is 17.2 Å². The lowest BCUT2D eigenvalue weighted by Gasteiger charge is -2.11. The first-order valence-electron chi connectivity index (χ1n) is 6.58. The van der Waals surface area contributed by atoms with E-state index < -0.39 is 0 Å². The summed E-state index contributed by atoms with van der Waals surface area (Å²) in [5, 5.41) is 5.43. The van der Waals surface area contributed by atoms with Gasteiger partial charge in [-0.1, -0.05) is 18.2 Å². The highest BCUT2D eigenvalue weighted by atomic mass is 16.2. The summed E-state index contributed by atoms with van der Waals surface area (Å²) in [6.45, 7) is 5.77. The summed E-state index contributed by atoms with van der Waals surface area (Å²) in [7, 11) is 0. The van der Waals surface area contributed by atoms with Crippen LogP contribution in [0.1, 0.15) is 30.1 Å². The molecule has 0 bridgehead atoms. The van der Waals surface area contributed by atoms with Crippen molar-refractivity contribution in [3.05, 3.63) is 42.5 Å². The third kappa shape index (κ3) is 5.24. The zero-order valence-electron chi connectivity index (χ0n) is 11.7. The second kappa shape index (κ2) is 8.12. The zero-order valence-corrected chi connectivity index (χ0v) is 11.7. The van der Waals surface area contributed by atoms with E-state index in [1.807, 2.05) is 6.92 Å². The summed E-state index contributed by atoms with van der Waals surface area (Å²) in [6.07, 6.45) is 2.54. The average molecular weight is 275 g/mol. The Morgan fingerprint density at radius 1 is 1.40 bits per heavy atom. The molecule has 2 amide bonds. The van der Waals surface area contributed by atoms with E-state index in [-0.39, 0.29) is 17.9 Å². The van der Waals surface area contributed by atoms with E-state index in [1.54, 1.807) is 30.3 Å². The predicted octanol–water partition coefficient (Wildman–Crippen LogP) is 1.67. The van der Waals surface area contributed by atoms with Gasteiger partial charge in [-0.3, -0.25) is 9.59 Å². The number of carbonyl (C=O) groups excluding carboxylic acids is 2. The van der Waals surface area contributed by atoms with Gasteiger partial charge in [-0.25, -0.2) is 0 Å². The summed E-state index contributed by atoms with van der Waals surface area (Å²) in [6, 6.07) is 6.87. The minimum atomic E-state index is -0.243. The first kappa shape index (κ1) is 15.9. The molecule has 1 atom stereocenters. The maximum absolute atomic E-state index is 11.9. The van der Waals surface area contributed by atoms with Gasteiger partial charge in [0.25, 0.3) is 5.91 Å².